The lowest BCUT2D eigenvalue weighted by atomic mass is 10.0. The molecule has 3 N–H and O–H groups in total. The number of nitrogens with one attached hydrogen (secondary N) is 1. The van der Waals surface area contributed by atoms with Gasteiger partial charge < -0.3 is 20.3 Å². The second-order valence-electron chi connectivity index (χ2n) is 4.85. The molecule has 0 rings (SSSR count). The molecule has 1 amide bonds. The van der Waals surface area contributed by atoms with Crippen molar-refractivity contribution in [2.24, 2.45) is 5.92 Å². The summed E-state index contributed by atoms with van der Waals surface area (Å²) < 4.78 is 4.95. The van der Waals surface area contributed by atoms with Crippen molar-refractivity contribution >= 4 is 18.0 Å². The Hall–Kier alpha value is -1.79. The Balaban J connectivity index is 4.03. The molecule has 0 aromatic rings. The Labute approximate surface area is 105 Å². The van der Waals surface area contributed by atoms with E-state index in [0.29, 0.717) is 0 Å². The smallest absolute Gasteiger partial charge is 0.407 e. The molecule has 0 aliphatic carbocycles. The van der Waals surface area contributed by atoms with Crippen LogP contribution in [0.3, 0.4) is 0 Å². The van der Waals surface area contributed by atoms with Gasteiger partial charge in [-0.15, -0.1) is 0 Å². The maximum atomic E-state index is 11.2. The number of rotatable bonds is 6. The van der Waals surface area contributed by atoms with Crippen LogP contribution in [0.15, 0.2) is 0 Å². The van der Waals surface area contributed by atoms with Crippen molar-refractivity contribution in [2.75, 3.05) is 6.54 Å². The molecule has 0 spiro atoms. The van der Waals surface area contributed by atoms with Crippen molar-refractivity contribution in [1.29, 1.82) is 0 Å². The summed E-state index contributed by atoms with van der Waals surface area (Å²) >= 11 is 0. The van der Waals surface area contributed by atoms with Gasteiger partial charge in [0, 0.05) is 6.54 Å². The number of aliphatic carboxylic acids is 2. The molecule has 0 aromatic heterocycles. The largest absolute Gasteiger partial charge is 0.481 e. The van der Waals surface area contributed by atoms with E-state index >= 15 is 0 Å². The van der Waals surface area contributed by atoms with E-state index in [1.165, 1.54) is 0 Å². The number of carboxylic acids is 2. The first kappa shape index (κ1) is 16.2. The minimum Gasteiger partial charge on any atom is -0.481 e. The van der Waals surface area contributed by atoms with Crippen LogP contribution in [0.25, 0.3) is 0 Å². The first-order valence-corrected chi connectivity index (χ1v) is 5.53. The van der Waals surface area contributed by atoms with Gasteiger partial charge in [0.05, 0.1) is 12.3 Å². The highest BCUT2D eigenvalue weighted by Gasteiger charge is 2.21. The lowest BCUT2D eigenvalue weighted by molar-refractivity contribution is -0.148. The lowest BCUT2D eigenvalue weighted by Crippen LogP contribution is -2.34. The molecule has 0 fully saturated rings. The van der Waals surface area contributed by atoms with Crippen molar-refractivity contribution in [3.8, 4) is 0 Å². The van der Waals surface area contributed by atoms with Gasteiger partial charge in [-0.25, -0.2) is 4.79 Å². The first-order chi connectivity index (χ1) is 8.11. The van der Waals surface area contributed by atoms with Crippen LogP contribution in [0.2, 0.25) is 0 Å². The van der Waals surface area contributed by atoms with E-state index in [1.54, 1.807) is 20.8 Å². The van der Waals surface area contributed by atoms with E-state index in [-0.39, 0.29) is 13.0 Å². The average Bonchev–Trinajstić information content (AvgIpc) is 2.12. The van der Waals surface area contributed by atoms with E-state index < -0.39 is 36.0 Å². The van der Waals surface area contributed by atoms with E-state index in [1.807, 2.05) is 0 Å². The minimum atomic E-state index is -1.19. The highest BCUT2D eigenvalue weighted by atomic mass is 16.6. The fourth-order valence-electron chi connectivity index (χ4n) is 1.19. The predicted octanol–water partition coefficient (Wildman–Crippen LogP) is 1.08. The normalized spacial score (nSPS) is 12.6. The summed E-state index contributed by atoms with van der Waals surface area (Å²) in [5.74, 6) is -3.39. The standard InChI is InChI=1S/C11H19NO6/c1-11(2,3)18-10(17)12-5-4-7(9(15)16)6-8(13)14/h7H,4-6H2,1-3H3,(H,12,17)(H,13,14)(H,15,16). The van der Waals surface area contributed by atoms with Crippen LogP contribution in [0.4, 0.5) is 4.79 Å². The van der Waals surface area contributed by atoms with Crippen LogP contribution in [-0.4, -0.2) is 40.4 Å². The summed E-state index contributed by atoms with van der Waals surface area (Å²) in [5, 5.41) is 19.7. The van der Waals surface area contributed by atoms with Crippen LogP contribution in [0, 0.1) is 5.92 Å². The van der Waals surface area contributed by atoms with Gasteiger partial charge in [-0.1, -0.05) is 0 Å². The first-order valence-electron chi connectivity index (χ1n) is 5.53. The third-order valence-electron chi connectivity index (χ3n) is 1.93. The van der Waals surface area contributed by atoms with Crippen LogP contribution in [0.5, 0.6) is 0 Å². The van der Waals surface area contributed by atoms with Crippen molar-refractivity contribution in [3.05, 3.63) is 0 Å². The van der Waals surface area contributed by atoms with Crippen molar-refractivity contribution in [1.82, 2.24) is 5.32 Å². The van der Waals surface area contributed by atoms with Crippen LogP contribution in [-0.2, 0) is 14.3 Å². The maximum Gasteiger partial charge on any atom is 0.407 e. The molecule has 0 aromatic carbocycles. The highest BCUT2D eigenvalue weighted by molar-refractivity contribution is 5.77. The van der Waals surface area contributed by atoms with E-state index in [0.717, 1.165) is 0 Å². The number of alkyl carbamates (subject to hydrolysis) is 1. The second kappa shape index (κ2) is 6.83. The van der Waals surface area contributed by atoms with E-state index in [4.69, 9.17) is 14.9 Å². The number of hydrogen-bond donors (Lipinski definition) is 3. The van der Waals surface area contributed by atoms with Gasteiger partial charge >= 0.3 is 18.0 Å². The van der Waals surface area contributed by atoms with Crippen LogP contribution < -0.4 is 5.32 Å². The zero-order chi connectivity index (χ0) is 14.3. The topological polar surface area (TPSA) is 113 Å². The van der Waals surface area contributed by atoms with E-state index in [9.17, 15) is 14.4 Å². The molecule has 0 saturated carbocycles. The zero-order valence-electron chi connectivity index (χ0n) is 10.7. The molecule has 7 nitrogen and oxygen atoms in total. The van der Waals surface area contributed by atoms with Crippen molar-refractivity contribution in [2.45, 2.75) is 39.2 Å². The van der Waals surface area contributed by atoms with E-state index in [2.05, 4.69) is 5.32 Å². The van der Waals surface area contributed by atoms with Crippen molar-refractivity contribution in [3.63, 3.8) is 0 Å². The quantitative estimate of drug-likeness (QED) is 0.659. The Kier molecular flexibility index (Phi) is 6.15. The molecule has 104 valence electrons. The molecule has 18 heavy (non-hydrogen) atoms. The Morgan fingerprint density at radius 1 is 1.22 bits per heavy atom. The maximum absolute atomic E-state index is 11.2. The van der Waals surface area contributed by atoms with Gasteiger partial charge in [-0.2, -0.15) is 0 Å². The summed E-state index contributed by atoms with van der Waals surface area (Å²) in [5.41, 5.74) is -0.628. The second-order valence-corrected chi connectivity index (χ2v) is 4.85. The molecular formula is C11H19NO6. The Bertz CT molecular complexity index is 320. The molecule has 1 atom stereocenters. The Morgan fingerprint density at radius 2 is 1.78 bits per heavy atom. The monoisotopic (exact) mass is 261 g/mol. The number of amides is 1. The molecule has 0 bridgehead atoms. The summed E-state index contributed by atoms with van der Waals surface area (Å²) in [6.45, 7) is 5.17. The van der Waals surface area contributed by atoms with Gasteiger partial charge in [0.15, 0.2) is 0 Å². The molecular weight excluding hydrogens is 242 g/mol. The summed E-state index contributed by atoms with van der Waals surface area (Å²) in [7, 11) is 0. The predicted molar refractivity (Wildman–Crippen MR) is 62.2 cm³/mol. The SMILES string of the molecule is CC(C)(C)OC(=O)NCCC(CC(=O)O)C(=O)O. The molecule has 0 aliphatic heterocycles. The summed E-state index contributed by atoms with van der Waals surface area (Å²) in [6, 6.07) is 0. The molecule has 1 unspecified atom stereocenters. The lowest BCUT2D eigenvalue weighted by Gasteiger charge is -2.20. The van der Waals surface area contributed by atoms with Gasteiger partial charge in [0.25, 0.3) is 0 Å². The molecule has 0 saturated heterocycles. The zero-order valence-corrected chi connectivity index (χ0v) is 10.7. The van der Waals surface area contributed by atoms with Gasteiger partial charge in [-0.05, 0) is 27.2 Å². The number of ether oxygens (including phenoxy) is 1. The third-order valence-corrected chi connectivity index (χ3v) is 1.93. The number of carbonyl (C=O) groups excluding carboxylic acids is 1. The van der Waals surface area contributed by atoms with Crippen LogP contribution in [0.1, 0.15) is 33.6 Å². The van der Waals surface area contributed by atoms with Gasteiger partial charge in [-0.3, -0.25) is 9.59 Å². The number of carbonyl (C=O) groups is 3. The summed E-state index contributed by atoms with van der Waals surface area (Å²) in [6.07, 6.45) is -1.08. The molecule has 0 heterocycles. The van der Waals surface area contributed by atoms with Gasteiger partial charge in [0.1, 0.15) is 5.60 Å². The fourth-order valence-corrected chi connectivity index (χ4v) is 1.19. The summed E-state index contributed by atoms with van der Waals surface area (Å²) in [4.78, 5) is 32.4. The number of carboxylic acid groups (broad SMARTS) is 2. The Morgan fingerprint density at radius 3 is 2.17 bits per heavy atom. The molecule has 0 radical (unpaired) electrons. The van der Waals surface area contributed by atoms with Crippen LogP contribution >= 0.6 is 0 Å². The molecule has 7 heteroatoms. The average molecular weight is 261 g/mol. The third kappa shape index (κ3) is 8.37. The van der Waals surface area contributed by atoms with Crippen molar-refractivity contribution < 1.29 is 29.3 Å². The number of hydrogen-bond acceptors (Lipinski definition) is 4. The highest BCUT2D eigenvalue weighted by Crippen LogP contribution is 2.09. The fraction of sp³-hybridized carbons (Fsp3) is 0.727. The van der Waals surface area contributed by atoms with Gasteiger partial charge in [0.2, 0.25) is 0 Å². The molecule has 0 aliphatic rings. The minimum absolute atomic E-state index is 0.0425.